The molecule has 0 radical (unpaired) electrons. The zero-order chi connectivity index (χ0) is 31.1. The Kier molecular flexibility index (Phi) is 10.3. The Morgan fingerprint density at radius 2 is 1.55 bits per heavy atom. The van der Waals surface area contributed by atoms with Gasteiger partial charge in [0.15, 0.2) is 4.34 Å². The van der Waals surface area contributed by atoms with E-state index < -0.39 is 17.7 Å². The molecule has 5 rings (SSSR count). The summed E-state index contributed by atoms with van der Waals surface area (Å²) in [7, 11) is 0. The van der Waals surface area contributed by atoms with E-state index in [1.165, 1.54) is 33.6 Å². The van der Waals surface area contributed by atoms with Crippen molar-refractivity contribution in [1.82, 2.24) is 10.2 Å². The molecule has 8 nitrogen and oxygen atoms in total. The Balaban J connectivity index is 1.49. The Morgan fingerprint density at radius 3 is 2.20 bits per heavy atom. The lowest BCUT2D eigenvalue weighted by atomic mass is 9.95. The van der Waals surface area contributed by atoms with Gasteiger partial charge in [0.2, 0.25) is 5.13 Å². The van der Waals surface area contributed by atoms with Crippen molar-refractivity contribution >= 4 is 45.7 Å². The molecule has 0 aliphatic carbocycles. The van der Waals surface area contributed by atoms with E-state index in [2.05, 4.69) is 41.4 Å². The Bertz CT molecular complexity index is 1620. The van der Waals surface area contributed by atoms with Crippen molar-refractivity contribution in [1.29, 1.82) is 0 Å². The maximum atomic E-state index is 13.6. The van der Waals surface area contributed by atoms with Crippen LogP contribution in [-0.2, 0) is 15.3 Å². The molecule has 1 aliphatic heterocycles. The second kappa shape index (κ2) is 14.5. The third kappa shape index (κ3) is 7.14. The molecule has 1 atom stereocenters. The molecule has 1 fully saturated rings. The van der Waals surface area contributed by atoms with Crippen molar-refractivity contribution < 1.29 is 24.2 Å². The molecule has 0 bridgehead atoms. The summed E-state index contributed by atoms with van der Waals surface area (Å²) in [4.78, 5) is 28.5. The third-order valence-corrected chi connectivity index (χ3v) is 9.22. The predicted octanol–water partition coefficient (Wildman–Crippen LogP) is 7.73. The minimum absolute atomic E-state index is 0.0130. The average Bonchev–Trinajstić information content (AvgIpc) is 3.61. The van der Waals surface area contributed by atoms with Gasteiger partial charge in [0.05, 0.1) is 24.8 Å². The molecule has 4 aromatic rings. The average molecular weight is 630 g/mol. The van der Waals surface area contributed by atoms with Gasteiger partial charge in [-0.2, -0.15) is 0 Å². The number of benzene rings is 3. The summed E-state index contributed by atoms with van der Waals surface area (Å²) in [5.41, 5.74) is 3.36. The van der Waals surface area contributed by atoms with Crippen LogP contribution in [-0.4, -0.2) is 40.2 Å². The maximum absolute atomic E-state index is 13.6. The minimum Gasteiger partial charge on any atom is -0.507 e. The van der Waals surface area contributed by atoms with Crippen molar-refractivity contribution in [2.75, 3.05) is 18.1 Å². The topological polar surface area (TPSA) is 102 Å². The van der Waals surface area contributed by atoms with Gasteiger partial charge >= 0.3 is 5.91 Å². The summed E-state index contributed by atoms with van der Waals surface area (Å²) in [6.07, 6.45) is 2.82. The van der Waals surface area contributed by atoms with Crippen molar-refractivity contribution in [3.63, 3.8) is 0 Å². The highest BCUT2D eigenvalue weighted by Gasteiger charge is 2.48. The van der Waals surface area contributed by atoms with Crippen molar-refractivity contribution in [2.24, 2.45) is 0 Å². The van der Waals surface area contributed by atoms with Crippen molar-refractivity contribution in [2.45, 2.75) is 56.2 Å². The van der Waals surface area contributed by atoms with E-state index in [1.54, 1.807) is 24.3 Å². The minimum atomic E-state index is -0.904. The molecule has 44 heavy (non-hydrogen) atoms. The van der Waals surface area contributed by atoms with E-state index in [-0.39, 0.29) is 16.5 Å². The zero-order valence-electron chi connectivity index (χ0n) is 25.0. The first-order valence-electron chi connectivity index (χ1n) is 14.7. The Hall–Kier alpha value is -4.15. The summed E-state index contributed by atoms with van der Waals surface area (Å²) in [6, 6.07) is 21.4. The number of ether oxygens (including phenoxy) is 2. The van der Waals surface area contributed by atoms with Gasteiger partial charge in [-0.25, -0.2) is 0 Å². The maximum Gasteiger partial charge on any atom is 0.301 e. The van der Waals surface area contributed by atoms with Crippen LogP contribution in [0.5, 0.6) is 11.5 Å². The van der Waals surface area contributed by atoms with Crippen LogP contribution in [0.2, 0.25) is 0 Å². The molecule has 3 aromatic carbocycles. The SMILES string of the molecule is CCCCOc1ccc(C2/C(=C(/O)c3ccc(OCCC)cc3)C(=O)C(=O)N2c2nnc(SCc3ccc(C)cc3)s2)cc1. The van der Waals surface area contributed by atoms with Gasteiger partial charge in [0.1, 0.15) is 17.3 Å². The molecule has 0 saturated carbocycles. The smallest absolute Gasteiger partial charge is 0.301 e. The summed E-state index contributed by atoms with van der Waals surface area (Å²) < 4.78 is 12.2. The molecule has 1 aliphatic rings. The summed E-state index contributed by atoms with van der Waals surface area (Å²) in [5.74, 6) is 0.213. The van der Waals surface area contributed by atoms with Gasteiger partial charge in [-0.15, -0.1) is 10.2 Å². The summed E-state index contributed by atoms with van der Waals surface area (Å²) in [5, 5.41) is 20.4. The molecule has 0 spiro atoms. The number of aromatic nitrogens is 2. The third-order valence-electron chi connectivity index (χ3n) is 7.09. The Labute approximate surface area is 265 Å². The molecule has 1 N–H and O–H groups in total. The first kappa shape index (κ1) is 31.3. The molecule has 1 unspecified atom stereocenters. The zero-order valence-corrected chi connectivity index (χ0v) is 26.6. The number of nitrogens with zero attached hydrogens (tertiary/aromatic N) is 3. The van der Waals surface area contributed by atoms with E-state index in [1.807, 2.05) is 38.1 Å². The van der Waals surface area contributed by atoms with Gasteiger partial charge in [-0.3, -0.25) is 14.5 Å². The lowest BCUT2D eigenvalue weighted by Crippen LogP contribution is -2.29. The number of unbranched alkanes of at least 4 members (excludes halogenated alkanes) is 1. The van der Waals surface area contributed by atoms with Gasteiger partial charge in [0.25, 0.3) is 5.78 Å². The number of aliphatic hydroxyl groups is 1. The number of carbonyl (C=O) groups excluding carboxylic acids is 2. The highest BCUT2D eigenvalue weighted by atomic mass is 32.2. The predicted molar refractivity (Wildman–Crippen MR) is 175 cm³/mol. The fourth-order valence-electron chi connectivity index (χ4n) is 4.70. The highest BCUT2D eigenvalue weighted by Crippen LogP contribution is 2.44. The first-order valence-corrected chi connectivity index (χ1v) is 16.5. The fourth-order valence-corrected chi connectivity index (χ4v) is 6.52. The van der Waals surface area contributed by atoms with Crippen LogP contribution in [0.4, 0.5) is 5.13 Å². The number of rotatable bonds is 13. The van der Waals surface area contributed by atoms with Crippen LogP contribution in [0.15, 0.2) is 82.7 Å². The largest absolute Gasteiger partial charge is 0.507 e. The number of hydrogen-bond donors (Lipinski definition) is 1. The van der Waals surface area contributed by atoms with Crippen LogP contribution in [0, 0.1) is 6.92 Å². The van der Waals surface area contributed by atoms with Crippen LogP contribution in [0.1, 0.15) is 61.4 Å². The number of hydrogen-bond acceptors (Lipinski definition) is 9. The number of aryl methyl sites for hydroxylation is 1. The molecule has 1 amide bonds. The number of carbonyl (C=O) groups is 2. The van der Waals surface area contributed by atoms with E-state index in [4.69, 9.17) is 9.47 Å². The molecular weight excluding hydrogens is 595 g/mol. The monoisotopic (exact) mass is 629 g/mol. The molecule has 1 saturated heterocycles. The lowest BCUT2D eigenvalue weighted by molar-refractivity contribution is -0.132. The second-order valence-corrected chi connectivity index (χ2v) is 12.6. The molecule has 10 heteroatoms. The summed E-state index contributed by atoms with van der Waals surface area (Å²) >= 11 is 2.75. The van der Waals surface area contributed by atoms with E-state index >= 15 is 0 Å². The normalized spacial score (nSPS) is 16.0. The van der Waals surface area contributed by atoms with Gasteiger partial charge < -0.3 is 14.6 Å². The molecular formula is C34H35N3O5S2. The van der Waals surface area contributed by atoms with Crippen LogP contribution >= 0.6 is 23.1 Å². The molecule has 1 aromatic heterocycles. The first-order chi connectivity index (χ1) is 21.4. The number of thioether (sulfide) groups is 1. The van der Waals surface area contributed by atoms with Crippen LogP contribution in [0.3, 0.4) is 0 Å². The standard InChI is InChI=1S/C34H35N3O5S2/c1-4-6-20-42-27-15-11-24(12-16-27)29-28(30(38)25-13-17-26(18-14-25)41-19-5-2)31(39)32(40)37(29)33-35-36-34(44-33)43-21-23-9-7-22(3)8-10-23/h7-18,29,38H,4-6,19-21H2,1-3H3/b30-28-. The van der Waals surface area contributed by atoms with Crippen molar-refractivity contribution in [3.8, 4) is 11.5 Å². The van der Waals surface area contributed by atoms with E-state index in [0.29, 0.717) is 45.9 Å². The number of Topliss-reactive ketones (excluding diaryl/α,β-unsaturated/α-hetero) is 1. The molecule has 2 heterocycles. The molecule has 228 valence electrons. The number of ketones is 1. The lowest BCUT2D eigenvalue weighted by Gasteiger charge is -2.22. The summed E-state index contributed by atoms with van der Waals surface area (Å²) in [6.45, 7) is 7.33. The van der Waals surface area contributed by atoms with E-state index in [9.17, 15) is 14.7 Å². The van der Waals surface area contributed by atoms with Gasteiger partial charge in [0, 0.05) is 11.3 Å². The fraction of sp³-hybridized carbons (Fsp3) is 0.294. The van der Waals surface area contributed by atoms with E-state index in [0.717, 1.165) is 24.8 Å². The van der Waals surface area contributed by atoms with Gasteiger partial charge in [-0.05, 0) is 67.3 Å². The number of aliphatic hydroxyl groups excluding tert-OH is 1. The van der Waals surface area contributed by atoms with Crippen LogP contribution < -0.4 is 14.4 Å². The Morgan fingerprint density at radius 1 is 0.886 bits per heavy atom. The van der Waals surface area contributed by atoms with Gasteiger partial charge in [-0.1, -0.05) is 85.3 Å². The number of anilines is 1. The highest BCUT2D eigenvalue weighted by molar-refractivity contribution is 8.00. The number of amides is 1. The second-order valence-electron chi connectivity index (χ2n) is 10.4. The van der Waals surface area contributed by atoms with Crippen molar-refractivity contribution in [3.05, 3.63) is 101 Å². The quantitative estimate of drug-likeness (QED) is 0.0400. The van der Waals surface area contributed by atoms with Crippen LogP contribution in [0.25, 0.3) is 5.76 Å².